The second-order valence-corrected chi connectivity index (χ2v) is 7.19. The molecule has 0 aliphatic carbocycles. The summed E-state index contributed by atoms with van der Waals surface area (Å²) in [7, 11) is 0. The molecule has 0 unspecified atom stereocenters. The fraction of sp³-hybridized carbons (Fsp3) is 0.750. The Labute approximate surface area is 179 Å². The average Bonchev–Trinajstić information content (AvgIpc) is 2.74. The third-order valence-electron chi connectivity index (χ3n) is 4.59. The van der Waals surface area contributed by atoms with Gasteiger partial charge in [0.25, 0.3) is 0 Å². The molecule has 1 amide bonds. The van der Waals surface area contributed by atoms with Crippen LogP contribution in [0.5, 0.6) is 0 Å². The number of rotatable bonds is 16. The maximum Gasteiger partial charge on any atom is 0.217 e. The Bertz CT molecular complexity index is 361. The number of hydrogen-bond donors (Lipinski definition) is 1. The number of alkyl halides is 1. The van der Waals surface area contributed by atoms with E-state index in [4.69, 9.17) is 5.73 Å². The number of hydrogen-bond acceptors (Lipinski definition) is 2. The van der Waals surface area contributed by atoms with Gasteiger partial charge in [-0.2, -0.15) is 0 Å². The summed E-state index contributed by atoms with van der Waals surface area (Å²) in [5.74, 6) is -0.153. The first-order valence-corrected chi connectivity index (χ1v) is 12.0. The van der Waals surface area contributed by atoms with Crippen LogP contribution in [0.4, 0.5) is 0 Å². The smallest absolute Gasteiger partial charge is 0.217 e. The number of carbonyl (C=O) groups excluding carboxylic acids is 1. The molecule has 0 aromatic carbocycles. The molecule has 0 aliphatic heterocycles. The molecule has 0 saturated heterocycles. The number of carbonyl (C=O) groups is 1. The van der Waals surface area contributed by atoms with Crippen molar-refractivity contribution >= 4 is 17.5 Å². The third kappa shape index (κ3) is 29.7. The summed E-state index contributed by atoms with van der Waals surface area (Å²) in [4.78, 5) is 14.3. The van der Waals surface area contributed by atoms with Gasteiger partial charge in [0.15, 0.2) is 0 Å². The van der Waals surface area contributed by atoms with Crippen molar-refractivity contribution in [2.24, 2.45) is 5.73 Å². The zero-order valence-corrected chi connectivity index (χ0v) is 19.3. The molecule has 0 atom stereocenters. The number of pyridine rings is 1. The zero-order chi connectivity index (χ0) is 21.1. The van der Waals surface area contributed by atoms with E-state index in [0.717, 1.165) is 6.42 Å². The van der Waals surface area contributed by atoms with E-state index < -0.39 is 0 Å². The van der Waals surface area contributed by atoms with Crippen molar-refractivity contribution < 1.29 is 4.79 Å². The Morgan fingerprint density at radius 1 is 0.679 bits per heavy atom. The summed E-state index contributed by atoms with van der Waals surface area (Å²) >= 11 is 4.64. The summed E-state index contributed by atoms with van der Waals surface area (Å²) in [5.41, 5.74) is 5.11. The van der Waals surface area contributed by atoms with Gasteiger partial charge in [-0.05, 0) is 18.6 Å². The van der Waals surface area contributed by atoms with Crippen LogP contribution in [0, 0.1) is 0 Å². The van der Waals surface area contributed by atoms with Crippen molar-refractivity contribution in [3.8, 4) is 0 Å². The van der Waals surface area contributed by atoms with Gasteiger partial charge in [-0.25, -0.2) is 0 Å². The summed E-state index contributed by atoms with van der Waals surface area (Å²) in [5, 5.41) is 0. The molecule has 3 nitrogen and oxygen atoms in total. The number of halogens is 1. The van der Waals surface area contributed by atoms with Gasteiger partial charge in [-0.1, -0.05) is 103 Å². The van der Waals surface area contributed by atoms with E-state index in [1.54, 1.807) is 12.4 Å². The van der Waals surface area contributed by atoms with Crippen LogP contribution in [0.3, 0.4) is 0 Å². The van der Waals surface area contributed by atoms with Crippen LogP contribution in [0.25, 0.3) is 0 Å². The van der Waals surface area contributed by atoms with Gasteiger partial charge in [0.1, 0.15) is 0 Å². The minimum atomic E-state index is -0.153. The van der Waals surface area contributed by atoms with Crippen molar-refractivity contribution in [3.05, 3.63) is 30.6 Å². The normalized spacial score (nSPS) is 9.68. The SMILES string of the molecule is CCCCCCCCCCCCCCCCCC(N)=O.CCl.c1ccncc1. The number of nitrogens with two attached hydrogens (primary N) is 1. The van der Waals surface area contributed by atoms with Gasteiger partial charge in [-0.15, -0.1) is 11.6 Å². The Kier molecular flexibility index (Phi) is 29.2. The first-order valence-electron chi connectivity index (χ1n) is 11.3. The number of aromatic nitrogens is 1. The van der Waals surface area contributed by atoms with Crippen LogP contribution in [0.15, 0.2) is 30.6 Å². The Morgan fingerprint density at radius 2 is 1.04 bits per heavy atom. The van der Waals surface area contributed by atoms with E-state index in [2.05, 4.69) is 23.5 Å². The topological polar surface area (TPSA) is 56.0 Å². The lowest BCUT2D eigenvalue weighted by Gasteiger charge is -2.03. The number of amides is 1. The van der Waals surface area contributed by atoms with E-state index >= 15 is 0 Å². The first-order chi connectivity index (χ1) is 13.8. The largest absolute Gasteiger partial charge is 0.370 e. The molecule has 28 heavy (non-hydrogen) atoms. The molecule has 1 rings (SSSR count). The second-order valence-electron chi connectivity index (χ2n) is 7.19. The van der Waals surface area contributed by atoms with Gasteiger partial charge >= 0.3 is 0 Å². The molecule has 0 aliphatic rings. The summed E-state index contributed by atoms with van der Waals surface area (Å²) in [6, 6.07) is 5.72. The molecule has 164 valence electrons. The van der Waals surface area contributed by atoms with Crippen LogP contribution in [-0.4, -0.2) is 17.3 Å². The molecule has 1 aromatic rings. The summed E-state index contributed by atoms with van der Waals surface area (Å²) < 4.78 is 0. The highest BCUT2D eigenvalue weighted by Gasteiger charge is 1.96. The maximum atomic E-state index is 10.6. The lowest BCUT2D eigenvalue weighted by Crippen LogP contribution is -2.09. The van der Waals surface area contributed by atoms with Crippen LogP contribution >= 0.6 is 11.6 Å². The molecular formula is C24H45ClN2O. The van der Waals surface area contributed by atoms with Gasteiger partial charge in [0.05, 0.1) is 0 Å². The fourth-order valence-corrected chi connectivity index (χ4v) is 2.98. The fourth-order valence-electron chi connectivity index (χ4n) is 2.98. The van der Waals surface area contributed by atoms with Gasteiger partial charge < -0.3 is 5.73 Å². The molecule has 0 radical (unpaired) electrons. The molecule has 2 N–H and O–H groups in total. The molecule has 0 fully saturated rings. The lowest BCUT2D eigenvalue weighted by atomic mass is 10.0. The second kappa shape index (κ2) is 28.1. The number of unbranched alkanes of at least 4 members (excludes halogenated alkanes) is 14. The monoisotopic (exact) mass is 412 g/mol. The summed E-state index contributed by atoms with van der Waals surface area (Å²) in [6.45, 7) is 2.28. The minimum Gasteiger partial charge on any atom is -0.370 e. The third-order valence-corrected chi connectivity index (χ3v) is 4.59. The first kappa shape index (κ1) is 29.1. The highest BCUT2D eigenvalue weighted by molar-refractivity contribution is 6.15. The van der Waals surface area contributed by atoms with Gasteiger partial charge in [0, 0.05) is 25.2 Å². The van der Waals surface area contributed by atoms with Crippen LogP contribution in [0.1, 0.15) is 110 Å². The van der Waals surface area contributed by atoms with E-state index in [1.165, 1.54) is 96.3 Å². The van der Waals surface area contributed by atoms with E-state index in [1.807, 2.05) is 18.2 Å². The Hall–Kier alpha value is -1.09. The van der Waals surface area contributed by atoms with E-state index in [9.17, 15) is 4.79 Å². The highest BCUT2D eigenvalue weighted by Crippen LogP contribution is 2.13. The molecule has 4 heteroatoms. The number of nitrogens with zero attached hydrogens (tertiary/aromatic N) is 1. The predicted octanol–water partition coefficient (Wildman–Crippen LogP) is 7.67. The zero-order valence-electron chi connectivity index (χ0n) is 18.5. The Morgan fingerprint density at radius 3 is 1.29 bits per heavy atom. The molecule has 0 saturated carbocycles. The van der Waals surface area contributed by atoms with E-state index in [-0.39, 0.29) is 5.91 Å². The van der Waals surface area contributed by atoms with Crippen molar-refractivity contribution in [1.82, 2.24) is 4.98 Å². The molecule has 1 aromatic heterocycles. The molecule has 1 heterocycles. The quantitative estimate of drug-likeness (QED) is 0.223. The van der Waals surface area contributed by atoms with E-state index in [0.29, 0.717) is 6.42 Å². The average molecular weight is 413 g/mol. The molecule has 0 spiro atoms. The van der Waals surface area contributed by atoms with Crippen molar-refractivity contribution in [1.29, 1.82) is 0 Å². The molecular weight excluding hydrogens is 368 g/mol. The maximum absolute atomic E-state index is 10.6. The minimum absolute atomic E-state index is 0.153. The summed E-state index contributed by atoms with van der Waals surface area (Å²) in [6.07, 6.45) is 25.9. The Balaban J connectivity index is 0. The van der Waals surface area contributed by atoms with Crippen LogP contribution in [-0.2, 0) is 4.79 Å². The van der Waals surface area contributed by atoms with Gasteiger partial charge in [0.2, 0.25) is 5.91 Å². The van der Waals surface area contributed by atoms with Crippen molar-refractivity contribution in [2.75, 3.05) is 6.38 Å². The van der Waals surface area contributed by atoms with Crippen LogP contribution in [0.2, 0.25) is 0 Å². The lowest BCUT2D eigenvalue weighted by molar-refractivity contribution is -0.118. The predicted molar refractivity (Wildman–Crippen MR) is 125 cm³/mol. The number of primary amides is 1. The standard InChI is InChI=1S/C18H37NO.C5H5N.CH3Cl/c1-2-3-4-5-6-7-8-9-10-11-12-13-14-15-16-17-18(19)20;1-2-4-6-5-3-1;1-2/h2-17H2,1H3,(H2,19,20);1-5H;1H3. The van der Waals surface area contributed by atoms with Crippen molar-refractivity contribution in [2.45, 2.75) is 110 Å². The van der Waals surface area contributed by atoms with Crippen LogP contribution < -0.4 is 5.73 Å². The molecule has 0 bridgehead atoms. The highest BCUT2D eigenvalue weighted by atomic mass is 35.5. The van der Waals surface area contributed by atoms with Crippen molar-refractivity contribution in [3.63, 3.8) is 0 Å². The van der Waals surface area contributed by atoms with Gasteiger partial charge in [-0.3, -0.25) is 9.78 Å².